The second-order valence-electron chi connectivity index (χ2n) is 5.22. The summed E-state index contributed by atoms with van der Waals surface area (Å²) in [4.78, 5) is 0. The highest BCUT2D eigenvalue weighted by molar-refractivity contribution is 8.22. The van der Waals surface area contributed by atoms with Gasteiger partial charge in [-0.25, -0.2) is 5.43 Å². The van der Waals surface area contributed by atoms with Crippen LogP contribution < -0.4 is 10.9 Å². The second-order valence-corrected chi connectivity index (χ2v) is 6.99. The molecule has 4 heteroatoms. The third kappa shape index (κ3) is 10.7. The van der Waals surface area contributed by atoms with Crippen LogP contribution in [0.1, 0.15) is 57.4 Å². The van der Waals surface area contributed by atoms with Crippen LogP contribution in [-0.4, -0.2) is 10.1 Å². The van der Waals surface area contributed by atoms with Crippen molar-refractivity contribution >= 4 is 28.3 Å². The van der Waals surface area contributed by atoms with E-state index in [0.29, 0.717) is 0 Å². The molecule has 0 atom stereocenters. The maximum atomic E-state index is 5.29. The van der Waals surface area contributed by atoms with Crippen LogP contribution in [0.3, 0.4) is 0 Å². The van der Waals surface area contributed by atoms with E-state index in [1.165, 1.54) is 50.5 Å². The second kappa shape index (κ2) is 13.1. The fraction of sp³-hybridized carbons (Fsp3) is 0.588. The summed E-state index contributed by atoms with van der Waals surface area (Å²) < 4.78 is 0.844. The molecule has 2 nitrogen and oxygen atoms in total. The molecule has 21 heavy (non-hydrogen) atoms. The molecule has 0 unspecified atom stereocenters. The Bertz CT molecular complexity index is 368. The van der Waals surface area contributed by atoms with Crippen molar-refractivity contribution in [3.05, 3.63) is 35.9 Å². The molecule has 0 spiro atoms. The summed E-state index contributed by atoms with van der Waals surface area (Å²) in [5.74, 6) is 1.12. The lowest BCUT2D eigenvalue weighted by Crippen LogP contribution is -2.34. The lowest BCUT2D eigenvalue weighted by atomic mass is 10.1. The van der Waals surface area contributed by atoms with Gasteiger partial charge in [0.25, 0.3) is 0 Å². The first kappa shape index (κ1) is 18.5. The first-order valence-corrected chi connectivity index (χ1v) is 9.42. The molecule has 0 aromatic heterocycles. The summed E-state index contributed by atoms with van der Waals surface area (Å²) >= 11 is 7.03. The zero-order valence-electron chi connectivity index (χ0n) is 13.1. The van der Waals surface area contributed by atoms with Crippen molar-refractivity contribution in [1.29, 1.82) is 0 Å². The van der Waals surface area contributed by atoms with E-state index in [1.807, 2.05) is 18.2 Å². The maximum absolute atomic E-state index is 5.29. The Morgan fingerprint density at radius 2 is 1.67 bits per heavy atom. The van der Waals surface area contributed by atoms with Gasteiger partial charge in [-0.1, -0.05) is 99.8 Å². The van der Waals surface area contributed by atoms with E-state index in [1.54, 1.807) is 11.8 Å². The largest absolute Gasteiger partial charge is 0.306 e. The molecule has 0 aliphatic heterocycles. The van der Waals surface area contributed by atoms with Gasteiger partial charge in [-0.05, 0) is 12.0 Å². The molecule has 1 rings (SSSR count). The molecule has 0 amide bonds. The minimum atomic E-state index is 0.791. The lowest BCUT2D eigenvalue weighted by Gasteiger charge is -2.09. The summed E-state index contributed by atoms with van der Waals surface area (Å²) in [6.45, 7) is 3.05. The van der Waals surface area contributed by atoms with Crippen molar-refractivity contribution in [2.45, 2.75) is 58.4 Å². The molecule has 0 saturated carbocycles. The van der Waals surface area contributed by atoms with Gasteiger partial charge >= 0.3 is 0 Å². The topological polar surface area (TPSA) is 24.1 Å². The molecule has 1 aromatic carbocycles. The molecule has 0 bridgehead atoms. The van der Waals surface area contributed by atoms with Crippen LogP contribution in [0.4, 0.5) is 0 Å². The number of rotatable bonds is 11. The minimum Gasteiger partial charge on any atom is -0.306 e. The molecule has 0 fully saturated rings. The standard InChI is InChI=1S/C17H28N2S2/c1-2-3-4-5-6-7-11-14-21-17(20)19-18-15-16-12-9-8-10-13-16/h8-10,12-13,18H,2-7,11,14-15H2,1H3,(H,19,20). The van der Waals surface area contributed by atoms with Crippen molar-refractivity contribution < 1.29 is 0 Å². The third-order valence-electron chi connectivity index (χ3n) is 3.31. The molecule has 1 aromatic rings. The average Bonchev–Trinajstić information content (AvgIpc) is 2.51. The Morgan fingerprint density at radius 3 is 2.38 bits per heavy atom. The van der Waals surface area contributed by atoms with Gasteiger partial charge in [0.2, 0.25) is 0 Å². The van der Waals surface area contributed by atoms with Gasteiger partial charge in [0, 0.05) is 12.3 Å². The Kier molecular flexibility index (Phi) is 11.5. The first-order valence-electron chi connectivity index (χ1n) is 8.02. The van der Waals surface area contributed by atoms with Crippen LogP contribution in [-0.2, 0) is 6.54 Å². The molecular weight excluding hydrogens is 296 g/mol. The molecule has 0 heterocycles. The first-order chi connectivity index (χ1) is 10.3. The van der Waals surface area contributed by atoms with E-state index in [4.69, 9.17) is 12.2 Å². The Morgan fingerprint density at radius 1 is 1.00 bits per heavy atom. The van der Waals surface area contributed by atoms with Crippen molar-refractivity contribution in [1.82, 2.24) is 10.9 Å². The molecular formula is C17H28N2S2. The van der Waals surface area contributed by atoms with Gasteiger partial charge in [-0.2, -0.15) is 0 Å². The van der Waals surface area contributed by atoms with Crippen molar-refractivity contribution in [3.8, 4) is 0 Å². The Balaban J connectivity index is 1.90. The van der Waals surface area contributed by atoms with Crippen molar-refractivity contribution in [2.75, 3.05) is 5.75 Å². The van der Waals surface area contributed by atoms with Crippen LogP contribution in [0.2, 0.25) is 0 Å². The number of nitrogens with one attached hydrogen (secondary N) is 2. The lowest BCUT2D eigenvalue weighted by molar-refractivity contribution is 0.604. The number of hydrogen-bond donors (Lipinski definition) is 2. The van der Waals surface area contributed by atoms with E-state index in [2.05, 4.69) is 29.9 Å². The van der Waals surface area contributed by atoms with Gasteiger partial charge < -0.3 is 5.43 Å². The van der Waals surface area contributed by atoms with Crippen LogP contribution in [0.15, 0.2) is 30.3 Å². The average molecular weight is 325 g/mol. The van der Waals surface area contributed by atoms with Crippen molar-refractivity contribution in [2.24, 2.45) is 0 Å². The summed E-state index contributed by atoms with van der Waals surface area (Å²) in [5, 5.41) is 0. The fourth-order valence-corrected chi connectivity index (χ4v) is 3.07. The van der Waals surface area contributed by atoms with Gasteiger partial charge in [0.15, 0.2) is 0 Å². The van der Waals surface area contributed by atoms with E-state index in [-0.39, 0.29) is 0 Å². The highest BCUT2D eigenvalue weighted by Gasteiger charge is 1.97. The molecule has 0 saturated heterocycles. The fourth-order valence-electron chi connectivity index (χ4n) is 2.07. The summed E-state index contributed by atoms with van der Waals surface area (Å²) in [5.41, 5.74) is 7.51. The van der Waals surface area contributed by atoms with Gasteiger partial charge in [0.1, 0.15) is 4.32 Å². The number of thioether (sulfide) groups is 1. The van der Waals surface area contributed by atoms with E-state index >= 15 is 0 Å². The monoisotopic (exact) mass is 324 g/mol. The number of unbranched alkanes of at least 4 members (excludes halogenated alkanes) is 6. The van der Waals surface area contributed by atoms with Crippen LogP contribution in [0, 0.1) is 0 Å². The molecule has 118 valence electrons. The van der Waals surface area contributed by atoms with E-state index in [9.17, 15) is 0 Å². The number of thiocarbonyl (C=S) groups is 1. The normalized spacial score (nSPS) is 10.5. The van der Waals surface area contributed by atoms with Crippen LogP contribution >= 0.6 is 24.0 Å². The quantitative estimate of drug-likeness (QED) is 0.338. The summed E-state index contributed by atoms with van der Waals surface area (Å²) in [7, 11) is 0. The number of hydrazine groups is 1. The summed E-state index contributed by atoms with van der Waals surface area (Å²) in [6, 6.07) is 10.3. The highest BCUT2D eigenvalue weighted by atomic mass is 32.2. The van der Waals surface area contributed by atoms with E-state index in [0.717, 1.165) is 16.6 Å². The zero-order chi connectivity index (χ0) is 15.2. The van der Waals surface area contributed by atoms with Gasteiger partial charge in [-0.15, -0.1) is 0 Å². The zero-order valence-corrected chi connectivity index (χ0v) is 14.7. The molecule has 0 aliphatic rings. The number of benzene rings is 1. The number of hydrogen-bond acceptors (Lipinski definition) is 3. The Labute approximate surface area is 139 Å². The molecule has 0 radical (unpaired) electrons. The highest BCUT2D eigenvalue weighted by Crippen LogP contribution is 2.11. The van der Waals surface area contributed by atoms with Crippen molar-refractivity contribution in [3.63, 3.8) is 0 Å². The Hall–Kier alpha value is -0.580. The van der Waals surface area contributed by atoms with Gasteiger partial charge in [0.05, 0.1) is 0 Å². The molecule has 2 N–H and O–H groups in total. The molecule has 0 aliphatic carbocycles. The van der Waals surface area contributed by atoms with E-state index < -0.39 is 0 Å². The van der Waals surface area contributed by atoms with Gasteiger partial charge in [-0.3, -0.25) is 0 Å². The van der Waals surface area contributed by atoms with Crippen LogP contribution in [0.5, 0.6) is 0 Å². The summed E-state index contributed by atoms with van der Waals surface area (Å²) in [6.07, 6.45) is 9.45. The van der Waals surface area contributed by atoms with Crippen LogP contribution in [0.25, 0.3) is 0 Å². The predicted octanol–water partition coefficient (Wildman–Crippen LogP) is 5.05. The smallest absolute Gasteiger partial charge is 0.148 e. The maximum Gasteiger partial charge on any atom is 0.148 e. The minimum absolute atomic E-state index is 0.791. The predicted molar refractivity (Wildman–Crippen MR) is 99.5 cm³/mol. The third-order valence-corrected chi connectivity index (χ3v) is 4.62. The SMILES string of the molecule is CCCCCCCCCSC(=S)NNCc1ccccc1.